The number of carbonyl (C=O) groups is 3. The van der Waals surface area contributed by atoms with Crippen molar-refractivity contribution in [1.29, 1.82) is 0 Å². The number of nitrogens with one attached hydrogen (secondary N) is 1. The number of amides is 3. The van der Waals surface area contributed by atoms with Crippen LogP contribution in [-0.2, 0) is 32.6 Å². The smallest absolute Gasteiger partial charge is 0.269 e. The molecule has 4 rings (SSSR count). The number of benzene rings is 3. The number of halogens is 2. The zero-order valence-electron chi connectivity index (χ0n) is 21.8. The maximum absolute atomic E-state index is 13.8. The predicted octanol–water partition coefficient (Wildman–Crippen LogP) is 4.69. The first-order valence-electron chi connectivity index (χ1n) is 12.8. The van der Waals surface area contributed by atoms with Gasteiger partial charge in [0, 0.05) is 42.5 Å². The van der Waals surface area contributed by atoms with E-state index in [0.717, 1.165) is 5.56 Å². The Morgan fingerprint density at radius 3 is 2.38 bits per heavy atom. The molecule has 0 bridgehead atoms. The number of rotatable bonds is 11. The standard InChI is InChI=1S/C29H29Cl2N3O5S/c1-2-15-32-28(36)25(17-20-8-4-3-5-9-20)33(19-21-12-13-22(30)18-24(21)31)27(35)14-16-34-29(37)23-10-6-7-11-26(23)40(34,38)39/h3-13,18,25H,2,14-17,19H2,1H3,(H,32,36). The Hall–Kier alpha value is -3.40. The van der Waals surface area contributed by atoms with E-state index in [1.807, 2.05) is 37.3 Å². The van der Waals surface area contributed by atoms with Gasteiger partial charge in [-0.25, -0.2) is 12.7 Å². The van der Waals surface area contributed by atoms with Crippen molar-refractivity contribution in [2.45, 2.75) is 43.7 Å². The largest absolute Gasteiger partial charge is 0.354 e. The summed E-state index contributed by atoms with van der Waals surface area (Å²) in [7, 11) is -4.09. The zero-order valence-corrected chi connectivity index (χ0v) is 24.2. The molecule has 1 aliphatic heterocycles. The van der Waals surface area contributed by atoms with Crippen LogP contribution in [0.4, 0.5) is 0 Å². The Labute approximate surface area is 243 Å². The fourth-order valence-electron chi connectivity index (χ4n) is 4.55. The van der Waals surface area contributed by atoms with E-state index in [1.165, 1.54) is 17.0 Å². The van der Waals surface area contributed by atoms with Crippen molar-refractivity contribution in [3.63, 3.8) is 0 Å². The van der Waals surface area contributed by atoms with Gasteiger partial charge in [-0.2, -0.15) is 0 Å². The van der Waals surface area contributed by atoms with E-state index < -0.39 is 27.9 Å². The minimum Gasteiger partial charge on any atom is -0.354 e. The highest BCUT2D eigenvalue weighted by Crippen LogP contribution is 2.30. The summed E-state index contributed by atoms with van der Waals surface area (Å²) in [6.07, 6.45) is 0.604. The minimum atomic E-state index is -4.09. The maximum atomic E-state index is 13.8. The lowest BCUT2D eigenvalue weighted by molar-refractivity contribution is -0.141. The van der Waals surface area contributed by atoms with Gasteiger partial charge in [0.25, 0.3) is 15.9 Å². The molecule has 1 unspecified atom stereocenters. The lowest BCUT2D eigenvalue weighted by atomic mass is 10.0. The van der Waals surface area contributed by atoms with Crippen LogP contribution in [0.3, 0.4) is 0 Å². The molecule has 0 saturated heterocycles. The Bertz CT molecular complexity index is 1520. The molecule has 0 spiro atoms. The fourth-order valence-corrected chi connectivity index (χ4v) is 6.58. The van der Waals surface area contributed by atoms with E-state index in [0.29, 0.717) is 32.9 Å². The van der Waals surface area contributed by atoms with Crippen LogP contribution >= 0.6 is 23.2 Å². The number of nitrogens with zero attached hydrogens (tertiary/aromatic N) is 2. The molecule has 0 fully saturated rings. The van der Waals surface area contributed by atoms with E-state index in [1.54, 1.807) is 30.3 Å². The molecule has 3 aromatic rings. The first-order valence-corrected chi connectivity index (χ1v) is 15.0. The number of fused-ring (bicyclic) bond motifs is 1. The fraction of sp³-hybridized carbons (Fsp3) is 0.276. The molecule has 1 N–H and O–H groups in total. The van der Waals surface area contributed by atoms with Crippen LogP contribution < -0.4 is 5.32 Å². The van der Waals surface area contributed by atoms with Gasteiger partial charge in [0.15, 0.2) is 0 Å². The monoisotopic (exact) mass is 601 g/mol. The van der Waals surface area contributed by atoms with Gasteiger partial charge >= 0.3 is 0 Å². The van der Waals surface area contributed by atoms with Gasteiger partial charge in [-0.1, -0.05) is 78.7 Å². The number of carbonyl (C=O) groups excluding carboxylic acids is 3. The lowest BCUT2D eigenvalue weighted by Gasteiger charge is -2.32. The maximum Gasteiger partial charge on any atom is 0.269 e. The van der Waals surface area contributed by atoms with Gasteiger partial charge in [0.2, 0.25) is 11.8 Å². The van der Waals surface area contributed by atoms with Crippen molar-refractivity contribution >= 4 is 50.9 Å². The molecule has 40 heavy (non-hydrogen) atoms. The van der Waals surface area contributed by atoms with E-state index >= 15 is 0 Å². The van der Waals surface area contributed by atoms with Gasteiger partial charge < -0.3 is 10.2 Å². The second-order valence-electron chi connectivity index (χ2n) is 9.38. The van der Waals surface area contributed by atoms with Gasteiger partial charge in [0.1, 0.15) is 10.9 Å². The van der Waals surface area contributed by atoms with Crippen molar-refractivity contribution in [1.82, 2.24) is 14.5 Å². The van der Waals surface area contributed by atoms with Crippen LogP contribution in [0.1, 0.15) is 41.3 Å². The van der Waals surface area contributed by atoms with Crippen LogP contribution in [0.2, 0.25) is 10.0 Å². The number of hydrogen-bond donors (Lipinski definition) is 1. The van der Waals surface area contributed by atoms with Crippen LogP contribution in [-0.4, -0.2) is 54.5 Å². The van der Waals surface area contributed by atoms with Crippen molar-refractivity contribution in [2.24, 2.45) is 0 Å². The van der Waals surface area contributed by atoms with Crippen molar-refractivity contribution in [2.75, 3.05) is 13.1 Å². The average molecular weight is 603 g/mol. The van der Waals surface area contributed by atoms with Crippen LogP contribution in [0, 0.1) is 0 Å². The van der Waals surface area contributed by atoms with Crippen LogP contribution in [0.5, 0.6) is 0 Å². The molecular weight excluding hydrogens is 573 g/mol. The van der Waals surface area contributed by atoms with Gasteiger partial charge in [-0.3, -0.25) is 14.4 Å². The molecule has 0 aliphatic carbocycles. The molecule has 210 valence electrons. The highest BCUT2D eigenvalue weighted by atomic mass is 35.5. The summed E-state index contributed by atoms with van der Waals surface area (Å²) in [5, 5.41) is 3.63. The van der Waals surface area contributed by atoms with E-state index in [2.05, 4.69) is 5.32 Å². The van der Waals surface area contributed by atoms with Crippen molar-refractivity contribution < 1.29 is 22.8 Å². The summed E-state index contributed by atoms with van der Waals surface area (Å²) in [6, 6.07) is 19.2. The third-order valence-corrected chi connectivity index (χ3v) is 9.04. The Morgan fingerprint density at radius 1 is 1.00 bits per heavy atom. The van der Waals surface area contributed by atoms with Crippen LogP contribution in [0.25, 0.3) is 0 Å². The molecule has 8 nitrogen and oxygen atoms in total. The van der Waals surface area contributed by atoms with Crippen molar-refractivity contribution in [3.05, 3.63) is 99.5 Å². The summed E-state index contributed by atoms with van der Waals surface area (Å²) in [4.78, 5) is 41.5. The molecule has 0 radical (unpaired) electrons. The highest BCUT2D eigenvalue weighted by molar-refractivity contribution is 7.90. The lowest BCUT2D eigenvalue weighted by Crippen LogP contribution is -2.51. The Balaban J connectivity index is 1.65. The Morgan fingerprint density at radius 2 is 1.70 bits per heavy atom. The molecule has 11 heteroatoms. The number of hydrogen-bond acceptors (Lipinski definition) is 5. The normalized spacial score (nSPS) is 14.5. The topological polar surface area (TPSA) is 104 Å². The molecule has 3 aromatic carbocycles. The van der Waals surface area contributed by atoms with E-state index in [9.17, 15) is 22.8 Å². The van der Waals surface area contributed by atoms with Crippen LogP contribution in [0.15, 0.2) is 77.7 Å². The molecule has 1 atom stereocenters. The summed E-state index contributed by atoms with van der Waals surface area (Å²) < 4.78 is 26.8. The molecule has 0 aromatic heterocycles. The van der Waals surface area contributed by atoms with Crippen molar-refractivity contribution in [3.8, 4) is 0 Å². The van der Waals surface area contributed by atoms with E-state index in [-0.39, 0.29) is 42.3 Å². The second-order valence-corrected chi connectivity index (χ2v) is 12.1. The summed E-state index contributed by atoms with van der Waals surface area (Å²) in [6.45, 7) is 1.96. The third-order valence-electron chi connectivity index (χ3n) is 6.62. The van der Waals surface area contributed by atoms with Gasteiger partial charge in [0.05, 0.1) is 5.56 Å². The quantitative estimate of drug-likeness (QED) is 0.343. The summed E-state index contributed by atoms with van der Waals surface area (Å²) in [5.74, 6) is -1.53. The first kappa shape index (κ1) is 29.6. The van der Waals surface area contributed by atoms with Gasteiger partial charge in [-0.15, -0.1) is 0 Å². The highest BCUT2D eigenvalue weighted by Gasteiger charge is 2.41. The summed E-state index contributed by atoms with van der Waals surface area (Å²) in [5.41, 5.74) is 1.48. The summed E-state index contributed by atoms with van der Waals surface area (Å²) >= 11 is 12.5. The molecule has 1 heterocycles. The molecular formula is C29H29Cl2N3O5S. The molecule has 3 amide bonds. The SMILES string of the molecule is CCCNC(=O)C(Cc1ccccc1)N(Cc1ccc(Cl)cc1Cl)C(=O)CCN1C(=O)c2ccccc2S1(=O)=O. The minimum absolute atomic E-state index is 0.0210. The predicted molar refractivity (Wildman–Crippen MR) is 154 cm³/mol. The van der Waals surface area contributed by atoms with Gasteiger partial charge in [-0.05, 0) is 41.8 Å². The van der Waals surface area contributed by atoms with E-state index in [4.69, 9.17) is 23.2 Å². The average Bonchev–Trinajstić information content (AvgIpc) is 3.14. The number of sulfonamides is 1. The third kappa shape index (κ3) is 6.49. The molecule has 1 aliphatic rings. The molecule has 0 saturated carbocycles. The first-order chi connectivity index (χ1) is 19.1. The second kappa shape index (κ2) is 12.8. The Kier molecular flexibility index (Phi) is 9.50. The zero-order chi connectivity index (χ0) is 28.9.